The van der Waals surface area contributed by atoms with Gasteiger partial charge in [-0.15, -0.1) is 0 Å². The molecule has 3 rings (SSSR count). The lowest BCUT2D eigenvalue weighted by Gasteiger charge is -2.13. The van der Waals surface area contributed by atoms with Gasteiger partial charge in [-0.25, -0.2) is 8.78 Å². The highest BCUT2D eigenvalue weighted by Gasteiger charge is 2.24. The fraction of sp³-hybridized carbons (Fsp3) is 0.227. The predicted molar refractivity (Wildman–Crippen MR) is 110 cm³/mol. The molecule has 0 aliphatic carbocycles. The maximum Gasteiger partial charge on any atom is 0.251 e. The van der Waals surface area contributed by atoms with Crippen LogP contribution in [0.25, 0.3) is 11.1 Å². The number of amides is 1. The van der Waals surface area contributed by atoms with Crippen LogP contribution in [0.5, 0.6) is 0 Å². The molecule has 146 valence electrons. The number of hydrogen-bond acceptors (Lipinski definition) is 1. The Balaban J connectivity index is 2.21. The van der Waals surface area contributed by atoms with Gasteiger partial charge in [0.05, 0.1) is 5.56 Å². The predicted octanol–water partition coefficient (Wildman–Crippen LogP) is 5.60. The van der Waals surface area contributed by atoms with E-state index in [0.717, 1.165) is 45.9 Å². The second kappa shape index (κ2) is 8.27. The van der Waals surface area contributed by atoms with Crippen LogP contribution in [0.1, 0.15) is 40.7 Å². The fourth-order valence-electron chi connectivity index (χ4n) is 3.56. The van der Waals surface area contributed by atoms with E-state index in [0.29, 0.717) is 17.7 Å². The van der Waals surface area contributed by atoms with Crippen LogP contribution in [0.2, 0.25) is 0 Å². The Morgan fingerprint density at radius 2 is 1.79 bits per heavy atom. The monoisotopic (exact) mass is 446 g/mol. The average Bonchev–Trinajstić information content (AvgIpc) is 2.92. The number of benzene rings is 2. The summed E-state index contributed by atoms with van der Waals surface area (Å²) in [6.07, 6.45) is 1.59. The van der Waals surface area contributed by atoms with Crippen LogP contribution < -0.4 is 5.73 Å². The lowest BCUT2D eigenvalue weighted by atomic mass is 9.98. The smallest absolute Gasteiger partial charge is 0.251 e. The van der Waals surface area contributed by atoms with Crippen molar-refractivity contribution in [3.05, 3.63) is 81.1 Å². The molecule has 0 radical (unpaired) electrons. The van der Waals surface area contributed by atoms with E-state index in [-0.39, 0.29) is 0 Å². The van der Waals surface area contributed by atoms with Gasteiger partial charge in [-0.3, -0.25) is 4.79 Å². The van der Waals surface area contributed by atoms with Gasteiger partial charge >= 0.3 is 0 Å². The third-order valence-corrected chi connectivity index (χ3v) is 5.35. The minimum Gasteiger partial charge on any atom is -0.366 e. The molecule has 3 aromatic rings. The lowest BCUT2D eigenvalue weighted by Crippen LogP contribution is -2.13. The van der Waals surface area contributed by atoms with Crippen LogP contribution in [0.4, 0.5) is 8.78 Å². The largest absolute Gasteiger partial charge is 0.366 e. The van der Waals surface area contributed by atoms with Crippen LogP contribution in [0.3, 0.4) is 0 Å². The molecule has 0 aliphatic heterocycles. The third-order valence-electron chi connectivity index (χ3n) is 4.82. The Kier molecular flexibility index (Phi) is 5.98. The van der Waals surface area contributed by atoms with E-state index in [4.69, 9.17) is 5.73 Å². The van der Waals surface area contributed by atoms with Crippen molar-refractivity contribution < 1.29 is 13.6 Å². The zero-order chi connectivity index (χ0) is 20.4. The maximum atomic E-state index is 13.7. The molecule has 0 atom stereocenters. The molecule has 0 unspecified atom stereocenters. The van der Waals surface area contributed by atoms with E-state index in [9.17, 15) is 13.6 Å². The number of primary amides is 1. The number of aromatic nitrogens is 1. The van der Waals surface area contributed by atoms with E-state index >= 15 is 0 Å². The fourth-order valence-corrected chi connectivity index (χ4v) is 3.82. The first-order valence-electron chi connectivity index (χ1n) is 9.05. The molecule has 0 fully saturated rings. The number of nitrogens with two attached hydrogens (primary N) is 1. The Bertz CT molecular complexity index is 1030. The van der Waals surface area contributed by atoms with Crippen molar-refractivity contribution in [1.82, 2.24) is 4.57 Å². The van der Waals surface area contributed by atoms with Crippen molar-refractivity contribution in [3.63, 3.8) is 0 Å². The summed E-state index contributed by atoms with van der Waals surface area (Å²) in [6.45, 7) is 4.22. The van der Waals surface area contributed by atoms with Gasteiger partial charge in [0.25, 0.3) is 5.91 Å². The van der Waals surface area contributed by atoms with E-state index in [1.165, 1.54) is 6.07 Å². The van der Waals surface area contributed by atoms with E-state index in [1.54, 1.807) is 6.07 Å². The molecule has 0 bridgehead atoms. The normalized spacial score (nSPS) is 11.0. The molecule has 0 saturated carbocycles. The summed E-state index contributed by atoms with van der Waals surface area (Å²) in [6, 6.07) is 11.6. The quantitative estimate of drug-likeness (QED) is 0.525. The Morgan fingerprint density at radius 3 is 2.36 bits per heavy atom. The molecule has 0 aliphatic rings. The van der Waals surface area contributed by atoms with Gasteiger partial charge in [0, 0.05) is 28.0 Å². The minimum atomic E-state index is -0.886. The topological polar surface area (TPSA) is 48.0 Å². The molecule has 2 N–H and O–H groups in total. The van der Waals surface area contributed by atoms with E-state index in [1.807, 2.05) is 35.8 Å². The highest BCUT2D eigenvalue weighted by Crippen LogP contribution is 2.35. The van der Waals surface area contributed by atoms with Crippen molar-refractivity contribution >= 4 is 21.8 Å². The molecule has 6 heteroatoms. The summed E-state index contributed by atoms with van der Waals surface area (Å²) < 4.78 is 29.9. The van der Waals surface area contributed by atoms with Crippen molar-refractivity contribution in [3.8, 4) is 11.1 Å². The van der Waals surface area contributed by atoms with Gasteiger partial charge < -0.3 is 10.3 Å². The number of carbonyl (C=O) groups is 1. The van der Waals surface area contributed by atoms with Crippen molar-refractivity contribution in [2.75, 3.05) is 0 Å². The van der Waals surface area contributed by atoms with Gasteiger partial charge in [0.1, 0.15) is 0 Å². The summed E-state index contributed by atoms with van der Waals surface area (Å²) in [5, 5.41) is 0. The van der Waals surface area contributed by atoms with E-state index in [2.05, 4.69) is 22.9 Å². The standard InChI is InChI=1S/C22H21BrF2N2O/c1-3-4-19-21(15-6-8-16(23)9-7-15)20(22(26)28)13(2)27(19)12-14-5-10-17(24)18(25)11-14/h5-11H,3-4,12H2,1-2H3,(H2,26,28). The molecule has 28 heavy (non-hydrogen) atoms. The average molecular weight is 447 g/mol. The van der Waals surface area contributed by atoms with Crippen LogP contribution >= 0.6 is 15.9 Å². The van der Waals surface area contributed by atoms with Gasteiger partial charge in [-0.1, -0.05) is 47.5 Å². The molecule has 3 nitrogen and oxygen atoms in total. The second-order valence-electron chi connectivity index (χ2n) is 6.74. The van der Waals surface area contributed by atoms with Crippen LogP contribution in [-0.4, -0.2) is 10.5 Å². The summed E-state index contributed by atoms with van der Waals surface area (Å²) in [5.41, 5.74) is 10.2. The SMILES string of the molecule is CCCc1c(-c2ccc(Br)cc2)c(C(N)=O)c(C)n1Cc1ccc(F)c(F)c1. The first kappa shape index (κ1) is 20.3. The molecular formula is C22H21BrF2N2O. The Morgan fingerprint density at radius 1 is 1.11 bits per heavy atom. The first-order valence-corrected chi connectivity index (χ1v) is 9.84. The summed E-state index contributed by atoms with van der Waals surface area (Å²) in [5.74, 6) is -2.27. The summed E-state index contributed by atoms with van der Waals surface area (Å²) in [4.78, 5) is 12.3. The molecule has 1 amide bonds. The number of halogens is 3. The van der Waals surface area contributed by atoms with Crippen LogP contribution in [-0.2, 0) is 13.0 Å². The highest BCUT2D eigenvalue weighted by atomic mass is 79.9. The zero-order valence-corrected chi connectivity index (χ0v) is 17.3. The second-order valence-corrected chi connectivity index (χ2v) is 7.65. The van der Waals surface area contributed by atoms with Gasteiger partial charge in [0.15, 0.2) is 11.6 Å². The first-order chi connectivity index (χ1) is 13.3. The number of nitrogens with zero attached hydrogens (tertiary/aromatic N) is 1. The molecular weight excluding hydrogens is 426 g/mol. The van der Waals surface area contributed by atoms with Gasteiger partial charge in [-0.2, -0.15) is 0 Å². The van der Waals surface area contributed by atoms with Crippen LogP contribution in [0, 0.1) is 18.6 Å². The molecule has 2 aromatic carbocycles. The number of hydrogen-bond donors (Lipinski definition) is 1. The van der Waals surface area contributed by atoms with Crippen molar-refractivity contribution in [2.24, 2.45) is 5.73 Å². The summed E-state index contributed by atoms with van der Waals surface area (Å²) in [7, 11) is 0. The minimum absolute atomic E-state index is 0.329. The highest BCUT2D eigenvalue weighted by molar-refractivity contribution is 9.10. The van der Waals surface area contributed by atoms with Crippen molar-refractivity contribution in [1.29, 1.82) is 0 Å². The van der Waals surface area contributed by atoms with Gasteiger partial charge in [0.2, 0.25) is 0 Å². The summed E-state index contributed by atoms with van der Waals surface area (Å²) >= 11 is 3.43. The Hall–Kier alpha value is -2.47. The molecule has 0 saturated heterocycles. The Labute approximate surface area is 171 Å². The number of rotatable bonds is 6. The maximum absolute atomic E-state index is 13.7. The zero-order valence-electron chi connectivity index (χ0n) is 15.7. The van der Waals surface area contributed by atoms with Crippen LogP contribution in [0.15, 0.2) is 46.9 Å². The van der Waals surface area contributed by atoms with E-state index < -0.39 is 17.5 Å². The molecule has 0 spiro atoms. The number of carbonyl (C=O) groups excluding carboxylic acids is 1. The van der Waals surface area contributed by atoms with Crippen molar-refractivity contribution in [2.45, 2.75) is 33.2 Å². The third kappa shape index (κ3) is 3.87. The molecule has 1 aromatic heterocycles. The molecule has 1 heterocycles. The van der Waals surface area contributed by atoms with Gasteiger partial charge in [-0.05, 0) is 48.7 Å². The lowest BCUT2D eigenvalue weighted by molar-refractivity contribution is 0.1000.